The normalized spacial score (nSPS) is 37.4. The van der Waals surface area contributed by atoms with Crippen LogP contribution in [0.3, 0.4) is 0 Å². The van der Waals surface area contributed by atoms with E-state index in [2.05, 4.69) is 67.4 Å². The first-order valence-corrected chi connectivity index (χ1v) is 55.2. The summed E-state index contributed by atoms with van der Waals surface area (Å²) in [5.41, 5.74) is 5.49. The number of nitrogen functional groups attached to an aromatic ring is 1. The fourth-order valence-electron chi connectivity index (χ4n) is 16.5. The van der Waals surface area contributed by atoms with Crippen LogP contribution in [-0.4, -0.2) is 279 Å². The summed E-state index contributed by atoms with van der Waals surface area (Å²) in [5, 5.41) is 30.3. The molecule has 0 amide bonds. The number of nitrogens with zero attached hydrogens (tertiary/aromatic N) is 20. The first-order valence-electron chi connectivity index (χ1n) is 39.5. The van der Waals surface area contributed by atoms with E-state index in [1.54, 1.807) is 0 Å². The highest BCUT2D eigenvalue weighted by atomic mass is 32.7. The summed E-state index contributed by atoms with van der Waals surface area (Å²) < 4.78 is 163. The lowest BCUT2D eigenvalue weighted by molar-refractivity contribution is -0.0611. The van der Waals surface area contributed by atoms with Gasteiger partial charge >= 0.3 is 40.4 Å². The molecule has 67 heteroatoms. The molecule has 133 heavy (non-hydrogen) atoms. The monoisotopic (exact) mass is 2080 g/mol. The van der Waals surface area contributed by atoms with E-state index in [-0.39, 0.29) is 118 Å². The summed E-state index contributed by atoms with van der Waals surface area (Å²) >= 11 is 30.4. The number of hydrogen-bond acceptors (Lipinski definition) is 42. The number of H-pyrrole nitrogens is 1. The van der Waals surface area contributed by atoms with E-state index in [1.807, 2.05) is 0 Å². The minimum Gasteiger partial charge on any atom is -0.397 e. The average Bonchev–Trinajstić information content (AvgIpc) is 1.60. The standard InChI is InChI=1S/C22H23FN10O9P2S2.C22H23FN6O10P2S2.C22H24N6O12P2S2/c23-13-16-12(40-21(13)33-17-14(29-30-33)10(24)1-2-25-17)7-38-43(35,45)41-11-5-9(6-37-44(36,46)42-16)39-20(11)32-8-27-15-18(32)28-22-26-3-4-31(22)19(15)34;23-16-18-14(37-21(16)29-10-26-17-12(30)1-3-24-19(17)29)9-35-40(32,42)38-13-7-11(8-34-41(33,43)39-18)36-20(13)28-5-2-15(31)27-6-4-25-22(27)28;29-13-1-5-27(21-23-3-7-25(13)21)19-16(32)17-12(38-19)10-36-42(34,44)40-18-15(31)11(9-35-41(33,43)39-17)37-20(18)28-6-2-14(30)26-8-4-24-22(26)28/h1-4,8-9,11-13,16,20-21H,5-7H2,(H2,24,25)(H,26,28)(H,35,45)(H,36,46);2-6,10-11,13-14,16,18,20-21H,1,7-9H2,(H,32,42)(H,33,43);1-8,11-12,15-20,31-32H,9-10H2,(H,33,43)(H,34,44)/t9-,11+,12+,13-,16+,20+,21+,43?,44?;11-,13+,14+,16-,18+,20+,21+,40?,41?;11-,12-,15-,16-,17-,18-,19-,20-,41?,42?/m001/s1. The molecule has 12 aromatic heterocycles. The Bertz CT molecular complexity index is 7190. The second kappa shape index (κ2) is 36.2. The van der Waals surface area contributed by atoms with Crippen molar-refractivity contribution >= 4 is 181 Å². The van der Waals surface area contributed by atoms with Crippen molar-refractivity contribution in [3.05, 3.63) is 158 Å². The van der Waals surface area contributed by atoms with Gasteiger partial charge in [-0.15, -0.1) is 5.10 Å². The Hall–Kier alpha value is -7.26. The zero-order chi connectivity index (χ0) is 93.0. The van der Waals surface area contributed by atoms with Crippen molar-refractivity contribution < 1.29 is 136 Å². The highest BCUT2D eigenvalue weighted by Gasteiger charge is 2.57. The van der Waals surface area contributed by atoms with Crippen LogP contribution in [0.2, 0.25) is 0 Å². The average molecular weight is 2080 g/mol. The molecule has 0 radical (unpaired) electrons. The minimum absolute atomic E-state index is 0.0602. The SMILES string of the molecule is Nc1ccnc2c1nnn2[C@@H]1O[C@@H]2COP(O)(=S)O[C@@H]3C[C@@H](COP(=O)(S)O[C@H]2[C@@H]1F)O[C@H]3n1cnc2c(=O)n3ccnc3[nH]c21.O=C1CC=Nc2c1ncn2[C@@H]1O[C@@H]2COP(O)(=S)O[C@@H]3C[C@@H](COP(O)(=S)O[C@H]2[C@@H]1F)O[C@H]3n1ccc(=O)n2ccnc12.O=c1ccn([C@@H]2O[C@@H]3COP(O)(=S)O[C@@H]4[C@H](O)[C@@H](COP(O)(=S)O[C@H]3[C@H]2O)O[C@H]4n2ccc(=O)n3ccnc23)c2nccn12. The van der Waals surface area contributed by atoms with Crippen LogP contribution in [0.5, 0.6) is 0 Å². The molecule has 10 aliphatic rings. The highest BCUT2D eigenvalue weighted by molar-refractivity contribution is 8.44. The third kappa shape index (κ3) is 18.3. The van der Waals surface area contributed by atoms with E-state index in [4.69, 9.17) is 147 Å². The molecule has 12 aromatic rings. The van der Waals surface area contributed by atoms with E-state index in [0.29, 0.717) is 0 Å². The third-order valence-electron chi connectivity index (χ3n) is 22.5. The molecule has 6 unspecified atom stereocenters. The number of anilines is 1. The topological polar surface area (TPSA) is 628 Å². The van der Waals surface area contributed by atoms with Crippen molar-refractivity contribution in [3.8, 4) is 0 Å². The maximum Gasteiger partial charge on any atom is 0.386 e. The number of pyridine rings is 1. The van der Waals surface area contributed by atoms with Gasteiger partial charge in [-0.2, -0.15) is 4.68 Å². The molecular formula is C66H70F2N22O31P6S6. The molecule has 0 saturated carbocycles. The number of imidazole rings is 6. The van der Waals surface area contributed by atoms with Crippen LogP contribution < -0.4 is 28.0 Å². The van der Waals surface area contributed by atoms with Gasteiger partial charge in [-0.25, -0.2) is 57.6 Å². The van der Waals surface area contributed by atoms with Gasteiger partial charge < -0.3 is 105 Å². The van der Waals surface area contributed by atoms with Crippen LogP contribution in [0, 0.1) is 0 Å². The molecule has 10 N–H and O–H groups in total. The first-order chi connectivity index (χ1) is 63.4. The van der Waals surface area contributed by atoms with Gasteiger partial charge in [0.2, 0.25) is 23.1 Å². The number of halogens is 2. The molecule has 710 valence electrons. The number of alkyl halides is 2. The molecule has 10 aliphatic heterocycles. The number of hydrogen-bond donors (Lipinski definition) is 10. The predicted molar refractivity (Wildman–Crippen MR) is 465 cm³/mol. The number of nitrogens with two attached hydrogens (primary N) is 1. The largest absolute Gasteiger partial charge is 0.397 e. The zero-order valence-electron chi connectivity index (χ0n) is 66.9. The van der Waals surface area contributed by atoms with E-state index < -0.39 is 208 Å². The second-order valence-corrected chi connectivity index (χ2v) is 47.6. The number of aliphatic hydroxyl groups is 2. The van der Waals surface area contributed by atoms with Gasteiger partial charge in [-0.3, -0.25) is 82.6 Å². The van der Waals surface area contributed by atoms with Crippen molar-refractivity contribution in [2.45, 2.75) is 154 Å². The minimum atomic E-state index is -4.27. The molecule has 28 atom stereocenters. The number of ether oxygens (including phenoxy) is 6. The number of thiol groups is 1. The summed E-state index contributed by atoms with van der Waals surface area (Å²) in [5.74, 6) is 0.602. The van der Waals surface area contributed by atoms with E-state index in [9.17, 15) is 63.2 Å². The van der Waals surface area contributed by atoms with Gasteiger partial charge in [0.05, 0.1) is 70.2 Å². The van der Waals surface area contributed by atoms with Crippen LogP contribution in [0.15, 0.2) is 135 Å². The Morgan fingerprint density at radius 1 is 0.459 bits per heavy atom. The zero-order valence-corrected chi connectivity index (χ0v) is 77.3. The number of Topliss-reactive ketones (excluding diaryl/α,β-unsaturated/α-hetero) is 1. The van der Waals surface area contributed by atoms with Gasteiger partial charge in [-0.05, 0) is 65.1 Å². The number of nitrogens with one attached hydrogen (secondary N) is 1. The Labute approximate surface area is 769 Å². The Morgan fingerprint density at radius 3 is 1.54 bits per heavy atom. The molecule has 0 spiro atoms. The molecular weight excluding hydrogens is 2010 g/mol. The number of aliphatic imine (C=N–C) groups is 1. The number of rotatable bonds is 6. The number of fused-ring (bicyclic) bond motifs is 16. The van der Waals surface area contributed by atoms with Gasteiger partial charge in [0.15, 0.2) is 83.7 Å². The molecule has 53 nitrogen and oxygen atoms in total. The van der Waals surface area contributed by atoms with Crippen LogP contribution in [0.25, 0.3) is 45.4 Å². The number of carbonyl (C=O) groups excluding carboxylic acids is 1. The lowest BCUT2D eigenvalue weighted by Gasteiger charge is -2.28. The smallest absolute Gasteiger partial charge is 0.386 e. The molecule has 6 bridgehead atoms. The summed E-state index contributed by atoms with van der Waals surface area (Å²) in [6.07, 6.45) is -7.11. The molecule has 0 aromatic carbocycles. The van der Waals surface area contributed by atoms with Crippen molar-refractivity contribution in [3.63, 3.8) is 0 Å². The summed E-state index contributed by atoms with van der Waals surface area (Å²) in [4.78, 5) is 153. The van der Waals surface area contributed by atoms with Crippen LogP contribution >= 0.6 is 52.6 Å². The maximum atomic E-state index is 16.0. The maximum absolute atomic E-state index is 16.0. The van der Waals surface area contributed by atoms with Crippen molar-refractivity contribution in [2.75, 3.05) is 45.4 Å². The molecule has 22 rings (SSSR count). The predicted octanol–water partition coefficient (Wildman–Crippen LogP) is 1.62. The van der Waals surface area contributed by atoms with Gasteiger partial charge in [0.25, 0.3) is 22.2 Å². The lowest BCUT2D eigenvalue weighted by atomic mass is 10.1. The molecule has 0 aliphatic carbocycles. The van der Waals surface area contributed by atoms with Crippen LogP contribution in [0.4, 0.5) is 20.3 Å². The van der Waals surface area contributed by atoms with Gasteiger partial charge in [0, 0.05) is 118 Å². The Balaban J connectivity index is 0.000000124. The number of aromatic nitrogens is 20. The van der Waals surface area contributed by atoms with Gasteiger partial charge in [0.1, 0.15) is 78.9 Å². The Kier molecular flexibility index (Phi) is 25.4. The second-order valence-electron chi connectivity index (χ2n) is 30.8. The fraction of sp³-hybridized carbons (Fsp3) is 0.470. The summed E-state index contributed by atoms with van der Waals surface area (Å²) in [6, 6.07) is 5.31. The quantitative estimate of drug-likeness (QED) is 0.0835. The number of aromatic amines is 1. The van der Waals surface area contributed by atoms with E-state index in [0.717, 1.165) is 4.68 Å². The fourth-order valence-corrected chi connectivity index (χ4v) is 25.2. The van der Waals surface area contributed by atoms with E-state index >= 15 is 8.78 Å². The van der Waals surface area contributed by atoms with Crippen LogP contribution in [0.1, 0.15) is 67.1 Å². The van der Waals surface area contributed by atoms with E-state index in [1.165, 1.54) is 158 Å². The molecule has 22 heterocycles. The Morgan fingerprint density at radius 2 is 0.932 bits per heavy atom. The number of carbonyl (C=O) groups is 1. The van der Waals surface area contributed by atoms with Crippen molar-refractivity contribution in [1.29, 1.82) is 0 Å². The lowest BCUT2D eigenvalue weighted by Crippen LogP contribution is -2.36. The van der Waals surface area contributed by atoms with Crippen molar-refractivity contribution in [1.82, 2.24) is 95.3 Å². The third-order valence-corrected chi connectivity index (χ3v) is 31.9. The van der Waals surface area contributed by atoms with Crippen LogP contribution in [-0.2, 0) is 146 Å². The number of ketones is 1. The molecule has 9 fully saturated rings. The summed E-state index contributed by atoms with van der Waals surface area (Å²) in [7, 11) is 0. The summed E-state index contributed by atoms with van der Waals surface area (Å²) in [6.45, 7) is -27.6. The van der Waals surface area contributed by atoms with Gasteiger partial charge in [-0.1, -0.05) is 17.5 Å². The highest BCUT2D eigenvalue weighted by Crippen LogP contribution is 2.61. The molecule has 9 saturated heterocycles. The first kappa shape index (κ1) is 93.4. The number of aliphatic hydroxyl groups excluding tert-OH is 2. The van der Waals surface area contributed by atoms with Crippen molar-refractivity contribution in [2.24, 2.45) is 4.99 Å².